The predicted octanol–water partition coefficient (Wildman–Crippen LogP) is 4.87. The largest absolute Gasteiger partial charge is 0.398 e. The summed E-state index contributed by atoms with van der Waals surface area (Å²) in [5.41, 5.74) is 10.4. The summed E-state index contributed by atoms with van der Waals surface area (Å²) < 4.78 is 14.0. The van der Waals surface area contributed by atoms with Gasteiger partial charge in [-0.2, -0.15) is 0 Å². The van der Waals surface area contributed by atoms with Gasteiger partial charge in [-0.1, -0.05) is 30.3 Å². The van der Waals surface area contributed by atoms with Crippen molar-refractivity contribution in [3.05, 3.63) is 65.1 Å². The van der Waals surface area contributed by atoms with E-state index in [1.165, 1.54) is 12.1 Å². The Morgan fingerprint density at radius 1 is 1.24 bits per heavy atom. The zero-order valence-electron chi connectivity index (χ0n) is 11.5. The summed E-state index contributed by atoms with van der Waals surface area (Å²) in [5.74, 6) is -0.288. The predicted molar refractivity (Wildman–Crippen MR) is 86.7 cm³/mol. The molecule has 0 amide bonds. The smallest absolute Gasteiger partial charge is 0.124 e. The minimum atomic E-state index is -0.288. The highest BCUT2D eigenvalue weighted by Crippen LogP contribution is 2.34. The Morgan fingerprint density at radius 3 is 2.52 bits per heavy atom. The number of hydrogen-bond donors (Lipinski definition) is 2. The highest BCUT2D eigenvalue weighted by Gasteiger charge is 2.14. The van der Waals surface area contributed by atoms with Crippen LogP contribution < -0.4 is 5.73 Å². The molecule has 0 fully saturated rings. The fourth-order valence-electron chi connectivity index (χ4n) is 2.57. The number of nitrogens with one attached hydrogen (secondary N) is 1. The second-order valence-corrected chi connectivity index (χ2v) is 5.47. The molecule has 0 unspecified atom stereocenters. The van der Waals surface area contributed by atoms with Crippen molar-refractivity contribution in [1.29, 1.82) is 0 Å². The van der Waals surface area contributed by atoms with Gasteiger partial charge in [0.15, 0.2) is 0 Å². The molecule has 1 aromatic heterocycles. The molecule has 2 aromatic carbocycles. The molecule has 3 N–H and O–H groups in total. The monoisotopic (exact) mass is 300 g/mol. The average Bonchev–Trinajstić information content (AvgIpc) is 2.77. The van der Waals surface area contributed by atoms with Crippen molar-refractivity contribution in [1.82, 2.24) is 4.98 Å². The molecule has 2 nitrogen and oxygen atoms in total. The van der Waals surface area contributed by atoms with Gasteiger partial charge in [0.1, 0.15) is 5.82 Å². The molecule has 3 aromatic rings. The molecule has 0 saturated carbocycles. The van der Waals surface area contributed by atoms with E-state index in [9.17, 15) is 4.39 Å². The van der Waals surface area contributed by atoms with E-state index in [4.69, 9.17) is 17.3 Å². The van der Waals surface area contributed by atoms with E-state index in [-0.39, 0.29) is 5.82 Å². The maximum atomic E-state index is 14.0. The molecule has 0 aliphatic rings. The number of aromatic nitrogens is 1. The molecule has 0 aliphatic heterocycles. The van der Waals surface area contributed by atoms with Crippen LogP contribution in [-0.4, -0.2) is 4.98 Å². The number of aromatic amines is 1. The van der Waals surface area contributed by atoms with Crippen LogP contribution in [-0.2, 0) is 0 Å². The van der Waals surface area contributed by atoms with Gasteiger partial charge < -0.3 is 10.7 Å². The van der Waals surface area contributed by atoms with Gasteiger partial charge in [-0.15, -0.1) is 0 Å². The lowest BCUT2D eigenvalue weighted by Gasteiger charge is -2.05. The normalized spacial score (nSPS) is 11.0. The van der Waals surface area contributed by atoms with Crippen molar-refractivity contribution in [2.45, 2.75) is 6.92 Å². The number of benzene rings is 2. The van der Waals surface area contributed by atoms with E-state index in [0.29, 0.717) is 10.7 Å². The molecule has 1 heterocycles. The zero-order valence-corrected chi connectivity index (χ0v) is 12.3. The summed E-state index contributed by atoms with van der Waals surface area (Å²) in [4.78, 5) is 3.25. The van der Waals surface area contributed by atoms with Gasteiger partial charge in [0, 0.05) is 21.7 Å². The molecule has 0 aliphatic carbocycles. The Bertz CT molecular complexity index is 847. The first-order valence-corrected chi connectivity index (χ1v) is 6.87. The molecule has 0 saturated heterocycles. The lowest BCUT2D eigenvalue weighted by Crippen LogP contribution is -1.95. The van der Waals surface area contributed by atoms with Crippen LogP contribution in [0.5, 0.6) is 0 Å². The van der Waals surface area contributed by atoms with Crippen molar-refractivity contribution in [3.8, 4) is 11.1 Å². The number of halogens is 2. The van der Waals surface area contributed by atoms with Crippen LogP contribution >= 0.6 is 11.6 Å². The highest BCUT2D eigenvalue weighted by atomic mass is 35.5. The second kappa shape index (κ2) is 4.93. The van der Waals surface area contributed by atoms with Gasteiger partial charge in [0.05, 0.1) is 11.2 Å². The lowest BCUT2D eigenvalue weighted by atomic mass is 10.0. The van der Waals surface area contributed by atoms with Crippen LogP contribution in [0.25, 0.3) is 27.7 Å². The molecule has 0 radical (unpaired) electrons. The topological polar surface area (TPSA) is 41.8 Å². The highest BCUT2D eigenvalue weighted by molar-refractivity contribution is 6.30. The quantitative estimate of drug-likeness (QED) is 0.697. The van der Waals surface area contributed by atoms with E-state index in [2.05, 4.69) is 11.6 Å². The third kappa shape index (κ3) is 2.30. The Labute approximate surface area is 127 Å². The fourth-order valence-corrected chi connectivity index (χ4v) is 2.69. The number of rotatable bonds is 2. The maximum Gasteiger partial charge on any atom is 0.124 e. The fraction of sp³-hybridized carbons (Fsp3) is 0.0588. The molecule has 3 rings (SSSR count). The summed E-state index contributed by atoms with van der Waals surface area (Å²) in [6.45, 7) is 5.65. The van der Waals surface area contributed by atoms with Crippen molar-refractivity contribution < 1.29 is 4.39 Å². The number of hydrogen-bond acceptors (Lipinski definition) is 1. The molecule has 106 valence electrons. The minimum Gasteiger partial charge on any atom is -0.398 e. The third-order valence-electron chi connectivity index (χ3n) is 3.61. The van der Waals surface area contributed by atoms with Crippen LogP contribution in [0.4, 0.5) is 4.39 Å². The zero-order chi connectivity index (χ0) is 15.1. The van der Waals surface area contributed by atoms with Gasteiger partial charge in [0.25, 0.3) is 0 Å². The summed E-state index contributed by atoms with van der Waals surface area (Å²) >= 11 is 5.91. The summed E-state index contributed by atoms with van der Waals surface area (Å²) in [6, 6.07) is 10.3. The molecular formula is C17H14ClFN2. The summed E-state index contributed by atoms with van der Waals surface area (Å²) in [6.07, 6.45) is 0. The van der Waals surface area contributed by atoms with E-state index in [0.717, 1.165) is 33.3 Å². The minimum absolute atomic E-state index is 0.288. The van der Waals surface area contributed by atoms with Crippen LogP contribution in [0.1, 0.15) is 11.3 Å². The first kappa shape index (κ1) is 13.7. The Hall–Kier alpha value is -2.26. The Balaban J connectivity index is 2.34. The first-order chi connectivity index (χ1) is 9.97. The number of fused-ring (bicyclic) bond motifs is 1. The Kier molecular flexibility index (Phi) is 3.22. The molecule has 0 atom stereocenters. The Morgan fingerprint density at radius 2 is 1.90 bits per heavy atom. The molecule has 0 spiro atoms. The summed E-state index contributed by atoms with van der Waals surface area (Å²) in [5, 5.41) is 1.45. The molecular weight excluding hydrogens is 287 g/mol. The first-order valence-electron chi connectivity index (χ1n) is 6.50. The van der Waals surface area contributed by atoms with Crippen molar-refractivity contribution in [2.24, 2.45) is 5.73 Å². The average molecular weight is 301 g/mol. The van der Waals surface area contributed by atoms with Gasteiger partial charge >= 0.3 is 0 Å². The number of nitrogens with two attached hydrogens (primary N) is 1. The second-order valence-electron chi connectivity index (χ2n) is 5.03. The van der Waals surface area contributed by atoms with Gasteiger partial charge in [0.2, 0.25) is 0 Å². The van der Waals surface area contributed by atoms with Crippen molar-refractivity contribution in [2.75, 3.05) is 0 Å². The number of H-pyrrole nitrogens is 1. The van der Waals surface area contributed by atoms with E-state index < -0.39 is 0 Å². The molecule has 21 heavy (non-hydrogen) atoms. The van der Waals surface area contributed by atoms with Crippen LogP contribution in [0, 0.1) is 12.7 Å². The summed E-state index contributed by atoms with van der Waals surface area (Å²) in [7, 11) is 0. The van der Waals surface area contributed by atoms with Crippen LogP contribution in [0.3, 0.4) is 0 Å². The van der Waals surface area contributed by atoms with Gasteiger partial charge in [-0.05, 0) is 42.3 Å². The number of aryl methyl sites for hydroxylation is 1. The molecule has 4 heteroatoms. The third-order valence-corrected chi connectivity index (χ3v) is 3.86. The lowest BCUT2D eigenvalue weighted by molar-refractivity contribution is 0.630. The standard InChI is InChI=1S/C17H14ClFN2/c1-9-14-7-13(19)8-15(11-3-5-12(18)6-4-11)17(14)21-16(9)10(2)20/h3-8,21H,2,20H2,1H3. The SMILES string of the molecule is C=C(N)c1[nH]c2c(-c3ccc(Cl)cc3)cc(F)cc2c1C. The van der Waals surface area contributed by atoms with Gasteiger partial charge in [-0.25, -0.2) is 4.39 Å². The maximum absolute atomic E-state index is 14.0. The van der Waals surface area contributed by atoms with E-state index in [1.54, 1.807) is 12.1 Å². The van der Waals surface area contributed by atoms with Crippen LogP contribution in [0.15, 0.2) is 43.0 Å². The van der Waals surface area contributed by atoms with Crippen molar-refractivity contribution >= 4 is 28.2 Å². The van der Waals surface area contributed by atoms with Gasteiger partial charge in [-0.3, -0.25) is 0 Å². The van der Waals surface area contributed by atoms with E-state index in [1.807, 2.05) is 19.1 Å². The van der Waals surface area contributed by atoms with Crippen LogP contribution in [0.2, 0.25) is 5.02 Å². The molecule has 0 bridgehead atoms. The van der Waals surface area contributed by atoms with E-state index >= 15 is 0 Å². The van der Waals surface area contributed by atoms with Crippen molar-refractivity contribution in [3.63, 3.8) is 0 Å².